The van der Waals surface area contributed by atoms with Crippen molar-refractivity contribution in [2.45, 2.75) is 63.3 Å². The molecule has 2 aliphatic heterocycles. The Morgan fingerprint density at radius 1 is 1.50 bits per heavy atom. The molecule has 0 spiro atoms. The maximum absolute atomic E-state index is 15.2. The van der Waals surface area contributed by atoms with E-state index in [9.17, 15) is 9.18 Å². The second-order valence-corrected chi connectivity index (χ2v) is 6.51. The molecule has 4 nitrogen and oxygen atoms in total. The first-order chi connectivity index (χ1) is 9.12. The number of halogens is 2. The Morgan fingerprint density at radius 3 is 2.70 bits per heavy atom. The van der Waals surface area contributed by atoms with Crippen molar-refractivity contribution in [2.75, 3.05) is 6.54 Å². The molecule has 114 valence electrons. The van der Waals surface area contributed by atoms with Crippen LogP contribution in [0.25, 0.3) is 0 Å². The molecule has 1 amide bonds. The highest BCUT2D eigenvalue weighted by atomic mass is 19.2. The van der Waals surface area contributed by atoms with Crippen LogP contribution in [0.2, 0.25) is 0 Å². The van der Waals surface area contributed by atoms with E-state index in [1.54, 1.807) is 26.8 Å². The zero-order chi connectivity index (χ0) is 15.2. The molecule has 0 aromatic rings. The normalized spacial score (nSPS) is 36.9. The van der Waals surface area contributed by atoms with Gasteiger partial charge in [-0.25, -0.2) is 18.5 Å². The minimum Gasteiger partial charge on any atom is -0.444 e. The van der Waals surface area contributed by atoms with Gasteiger partial charge in [-0.2, -0.15) is 0 Å². The standard InChI is InChI=1S/C14H22F2N2O2/c1-5-6-10-14(16)8-7-13(15,9-17-10)18(14)11(19)20-12(2,3)4/h5,10,17H,1,6-9H2,2-4H3/t10-,13-,14+/m1/s1. The number of amides is 1. The Morgan fingerprint density at radius 2 is 2.15 bits per heavy atom. The van der Waals surface area contributed by atoms with Crippen molar-refractivity contribution in [2.24, 2.45) is 0 Å². The van der Waals surface area contributed by atoms with Crippen molar-refractivity contribution in [1.29, 1.82) is 0 Å². The van der Waals surface area contributed by atoms with Crippen molar-refractivity contribution in [3.63, 3.8) is 0 Å². The maximum Gasteiger partial charge on any atom is 0.415 e. The average Bonchev–Trinajstić information content (AvgIpc) is 2.49. The van der Waals surface area contributed by atoms with Gasteiger partial charge in [0.25, 0.3) is 0 Å². The highest BCUT2D eigenvalue weighted by Crippen LogP contribution is 2.49. The van der Waals surface area contributed by atoms with E-state index in [2.05, 4.69) is 11.9 Å². The van der Waals surface area contributed by atoms with Crippen LogP contribution in [0, 0.1) is 0 Å². The lowest BCUT2D eigenvalue weighted by molar-refractivity contribution is -0.142. The van der Waals surface area contributed by atoms with Gasteiger partial charge in [-0.3, -0.25) is 0 Å². The molecule has 3 atom stereocenters. The summed E-state index contributed by atoms with van der Waals surface area (Å²) in [4.78, 5) is 12.9. The summed E-state index contributed by atoms with van der Waals surface area (Å²) in [6.45, 7) is 8.51. The number of carbonyl (C=O) groups is 1. The third-order valence-corrected chi connectivity index (χ3v) is 3.76. The topological polar surface area (TPSA) is 41.6 Å². The van der Waals surface area contributed by atoms with E-state index >= 15 is 4.39 Å². The Balaban J connectivity index is 2.29. The number of carbonyl (C=O) groups excluding carboxylic acids is 1. The van der Waals surface area contributed by atoms with Gasteiger partial charge in [0.2, 0.25) is 11.6 Å². The predicted octanol–water partition coefficient (Wildman–Crippen LogP) is 2.90. The van der Waals surface area contributed by atoms with E-state index in [0.717, 1.165) is 0 Å². The molecule has 2 aliphatic rings. The molecule has 2 bridgehead atoms. The van der Waals surface area contributed by atoms with E-state index in [1.165, 1.54) is 0 Å². The number of hydrogen-bond acceptors (Lipinski definition) is 3. The lowest BCUT2D eigenvalue weighted by Crippen LogP contribution is -2.69. The zero-order valence-electron chi connectivity index (χ0n) is 12.2. The van der Waals surface area contributed by atoms with Crippen LogP contribution in [0.3, 0.4) is 0 Å². The molecule has 0 radical (unpaired) electrons. The van der Waals surface area contributed by atoms with E-state index in [4.69, 9.17) is 4.74 Å². The van der Waals surface area contributed by atoms with Crippen LogP contribution in [-0.2, 0) is 4.74 Å². The van der Waals surface area contributed by atoms with Crippen molar-refractivity contribution in [3.8, 4) is 0 Å². The zero-order valence-corrected chi connectivity index (χ0v) is 12.2. The van der Waals surface area contributed by atoms with Crippen LogP contribution in [0.15, 0.2) is 12.7 Å². The number of piperazine rings is 1. The Kier molecular flexibility index (Phi) is 3.57. The molecule has 0 aliphatic carbocycles. The van der Waals surface area contributed by atoms with E-state index in [0.29, 0.717) is 11.3 Å². The molecule has 0 aromatic heterocycles. The Hall–Kier alpha value is -1.17. The van der Waals surface area contributed by atoms with Crippen molar-refractivity contribution < 1.29 is 18.3 Å². The SMILES string of the molecule is C=CC[C@H]1NC[C@@]2(F)CC[C@]1(F)N2C(=O)OC(C)(C)C. The second kappa shape index (κ2) is 4.69. The van der Waals surface area contributed by atoms with Crippen LogP contribution in [0.4, 0.5) is 13.6 Å². The van der Waals surface area contributed by atoms with Crippen LogP contribution in [0.5, 0.6) is 0 Å². The molecule has 0 unspecified atom stereocenters. The van der Waals surface area contributed by atoms with Gasteiger partial charge in [0.1, 0.15) is 5.60 Å². The molecule has 2 saturated heterocycles. The molecule has 2 fully saturated rings. The van der Waals surface area contributed by atoms with Crippen LogP contribution < -0.4 is 5.32 Å². The summed E-state index contributed by atoms with van der Waals surface area (Å²) in [6.07, 6.45) is 0.898. The fourth-order valence-corrected chi connectivity index (χ4v) is 2.91. The minimum atomic E-state index is -2.07. The number of rotatable bonds is 2. The molecular formula is C14H22F2N2O2. The van der Waals surface area contributed by atoms with Gasteiger partial charge in [0.15, 0.2) is 0 Å². The fraction of sp³-hybridized carbons (Fsp3) is 0.786. The number of hydrogen-bond donors (Lipinski definition) is 1. The molecule has 2 heterocycles. The van der Waals surface area contributed by atoms with Crippen LogP contribution in [-0.4, -0.2) is 40.8 Å². The van der Waals surface area contributed by atoms with Crippen LogP contribution in [0.1, 0.15) is 40.0 Å². The monoisotopic (exact) mass is 288 g/mol. The summed E-state index contributed by atoms with van der Waals surface area (Å²) in [6, 6.07) is -0.654. The van der Waals surface area contributed by atoms with Crippen molar-refractivity contribution in [3.05, 3.63) is 12.7 Å². The number of fused-ring (bicyclic) bond motifs is 2. The molecular weight excluding hydrogens is 266 g/mol. The molecule has 0 aromatic carbocycles. The highest BCUT2D eigenvalue weighted by Gasteiger charge is 2.65. The van der Waals surface area contributed by atoms with Crippen LogP contribution >= 0.6 is 0 Å². The lowest BCUT2D eigenvalue weighted by Gasteiger charge is -2.47. The largest absolute Gasteiger partial charge is 0.444 e. The van der Waals surface area contributed by atoms with E-state index in [-0.39, 0.29) is 19.4 Å². The number of nitrogens with zero attached hydrogens (tertiary/aromatic N) is 1. The quantitative estimate of drug-likeness (QED) is 0.627. The van der Waals surface area contributed by atoms with E-state index in [1.807, 2.05) is 0 Å². The fourth-order valence-electron chi connectivity index (χ4n) is 2.91. The molecule has 0 saturated carbocycles. The van der Waals surface area contributed by atoms with Gasteiger partial charge < -0.3 is 10.1 Å². The smallest absolute Gasteiger partial charge is 0.415 e. The summed E-state index contributed by atoms with van der Waals surface area (Å²) in [5.74, 6) is -4.09. The Bertz CT molecular complexity index is 424. The van der Waals surface area contributed by atoms with Crippen molar-refractivity contribution in [1.82, 2.24) is 10.2 Å². The van der Waals surface area contributed by atoms with Gasteiger partial charge in [-0.05, 0) is 27.2 Å². The van der Waals surface area contributed by atoms with E-state index < -0.39 is 29.3 Å². The number of nitrogens with one attached hydrogen (secondary N) is 1. The third kappa shape index (κ3) is 2.41. The van der Waals surface area contributed by atoms with Crippen molar-refractivity contribution >= 4 is 6.09 Å². The van der Waals surface area contributed by atoms with Gasteiger partial charge in [0, 0.05) is 19.4 Å². The summed E-state index contributed by atoms with van der Waals surface area (Å²) in [5.41, 5.74) is -0.790. The van der Waals surface area contributed by atoms with Gasteiger partial charge in [-0.1, -0.05) is 6.08 Å². The Labute approximate surface area is 118 Å². The maximum atomic E-state index is 15.2. The predicted molar refractivity (Wildman–Crippen MR) is 71.6 cm³/mol. The summed E-state index contributed by atoms with van der Waals surface area (Å²) >= 11 is 0. The van der Waals surface area contributed by atoms with Gasteiger partial charge in [0.05, 0.1) is 6.04 Å². The summed E-state index contributed by atoms with van der Waals surface area (Å²) in [5, 5.41) is 2.84. The molecule has 6 heteroatoms. The summed E-state index contributed by atoms with van der Waals surface area (Å²) < 4.78 is 35.2. The number of alkyl halides is 2. The van der Waals surface area contributed by atoms with Gasteiger partial charge >= 0.3 is 6.09 Å². The highest BCUT2D eigenvalue weighted by molar-refractivity contribution is 5.71. The second-order valence-electron chi connectivity index (χ2n) is 6.51. The van der Waals surface area contributed by atoms with Gasteiger partial charge in [-0.15, -0.1) is 6.58 Å². The minimum absolute atomic E-state index is 0.0244. The molecule has 20 heavy (non-hydrogen) atoms. The first kappa shape index (κ1) is 15.2. The third-order valence-electron chi connectivity index (χ3n) is 3.76. The lowest BCUT2D eigenvalue weighted by atomic mass is 9.99. The first-order valence-corrected chi connectivity index (χ1v) is 6.88. The summed E-state index contributed by atoms with van der Waals surface area (Å²) in [7, 11) is 0. The number of ether oxygens (including phenoxy) is 1. The molecule has 2 rings (SSSR count). The average molecular weight is 288 g/mol. The first-order valence-electron chi connectivity index (χ1n) is 6.88. The molecule has 1 N–H and O–H groups in total.